The van der Waals surface area contributed by atoms with Gasteiger partial charge in [-0.15, -0.1) is 11.8 Å². The van der Waals surface area contributed by atoms with Crippen LogP contribution in [0.2, 0.25) is 0 Å². The Morgan fingerprint density at radius 1 is 0.452 bits per heavy atom. The molecule has 0 unspecified atom stereocenters. The van der Waals surface area contributed by atoms with Gasteiger partial charge in [0.05, 0.1) is 11.4 Å². The van der Waals surface area contributed by atoms with Gasteiger partial charge in [-0.25, -0.2) is 4.98 Å². The van der Waals surface area contributed by atoms with Crippen molar-refractivity contribution in [3.05, 3.63) is 107 Å². The minimum absolute atomic E-state index is 0.0511. The zero-order chi connectivity index (χ0) is 50.7. The monoisotopic (exact) mass is 996 g/mol. The van der Waals surface area contributed by atoms with E-state index in [1.54, 1.807) is 0 Å². The maximum Gasteiger partial charge on any atom is 0.127 e. The topological polar surface area (TPSA) is 53.4 Å². The number of hydrogen-bond acceptors (Lipinski definition) is 4. The number of hydrogen-bond donors (Lipinski definition) is 2. The molecule has 1 aromatic heterocycles. The largest absolute Gasteiger partial charge is 0.507 e. The second kappa shape index (κ2) is 20.5. The smallest absolute Gasteiger partial charge is 0.127 e. The van der Waals surface area contributed by atoms with Gasteiger partial charge >= 0.3 is 0 Å². The fourth-order valence-corrected chi connectivity index (χ4v) is 17.7. The van der Waals surface area contributed by atoms with Gasteiger partial charge in [0.25, 0.3) is 0 Å². The lowest BCUT2D eigenvalue weighted by atomic mass is 9.47. The molecule has 388 valence electrons. The summed E-state index contributed by atoms with van der Waals surface area (Å²) in [4.78, 5) is 6.96. The van der Waals surface area contributed by atoms with E-state index in [0.717, 1.165) is 86.0 Å². The lowest BCUT2D eigenvalue weighted by Crippen LogP contribution is -2.48. The second-order valence-electron chi connectivity index (χ2n) is 27.4. The second-order valence-corrected chi connectivity index (χ2v) is 28.6. The first-order chi connectivity index (χ1) is 35.1. The molecule has 0 radical (unpaired) electrons. The lowest BCUT2D eigenvalue weighted by Gasteiger charge is -2.57. The van der Waals surface area contributed by atoms with Gasteiger partial charge in [-0.3, -0.25) is 0 Å². The molecule has 0 amide bonds. The summed E-state index contributed by atoms with van der Waals surface area (Å²) in [5.41, 5.74) is 12.9. The van der Waals surface area contributed by atoms with E-state index in [0.29, 0.717) is 11.5 Å². The molecule has 8 aliphatic carbocycles. The molecule has 13 rings (SSSR count). The van der Waals surface area contributed by atoms with E-state index in [4.69, 9.17) is 4.98 Å². The number of phenols is 2. The maximum atomic E-state index is 12.9. The number of aromatic nitrogens is 1. The summed E-state index contributed by atoms with van der Waals surface area (Å²) in [5, 5.41) is 25.9. The van der Waals surface area contributed by atoms with Crippen LogP contribution in [0.1, 0.15) is 212 Å². The van der Waals surface area contributed by atoms with Crippen molar-refractivity contribution in [2.24, 2.45) is 35.5 Å². The summed E-state index contributed by atoms with van der Waals surface area (Å²) in [6.45, 7) is 16.3. The molecule has 0 atom stereocenters. The van der Waals surface area contributed by atoms with E-state index >= 15 is 0 Å². The molecule has 3 nitrogen and oxygen atoms in total. The predicted octanol–water partition coefficient (Wildman–Crippen LogP) is 19.7. The molecule has 1 heterocycles. The molecule has 0 aliphatic heterocycles. The molecule has 73 heavy (non-hydrogen) atoms. The Morgan fingerprint density at radius 3 is 1.15 bits per heavy atom. The van der Waals surface area contributed by atoms with Crippen LogP contribution in [0.3, 0.4) is 0 Å². The van der Waals surface area contributed by atoms with Gasteiger partial charge in [0, 0.05) is 38.3 Å². The third-order valence-electron chi connectivity index (χ3n) is 19.7. The van der Waals surface area contributed by atoms with E-state index < -0.39 is 0 Å². The van der Waals surface area contributed by atoms with Gasteiger partial charge in [-0.05, 0) is 193 Å². The molecular weight excluding hydrogens is 907 g/mol. The number of unbranched alkanes of at least 4 members (excludes halogenated alkanes) is 9. The van der Waals surface area contributed by atoms with Crippen LogP contribution in [0.15, 0.2) is 89.8 Å². The molecule has 2 N–H and O–H groups in total. The summed E-state index contributed by atoms with van der Waals surface area (Å²) < 4.78 is 0. The number of benzene rings is 4. The Hall–Kier alpha value is -4.02. The number of thioether (sulfide) groups is 1. The van der Waals surface area contributed by atoms with E-state index in [-0.39, 0.29) is 21.7 Å². The van der Waals surface area contributed by atoms with E-state index in [9.17, 15) is 10.2 Å². The third kappa shape index (κ3) is 10.4. The fourth-order valence-electron chi connectivity index (χ4n) is 16.8. The first-order valence-electron chi connectivity index (χ1n) is 29.7. The van der Waals surface area contributed by atoms with Crippen molar-refractivity contribution in [1.29, 1.82) is 0 Å². The summed E-state index contributed by atoms with van der Waals surface area (Å²) in [6, 6.07) is 31.7. The number of aromatic hydroxyl groups is 2. The molecule has 0 spiro atoms. The highest BCUT2D eigenvalue weighted by Gasteiger charge is 2.54. The average Bonchev–Trinajstić information content (AvgIpc) is 3.34. The van der Waals surface area contributed by atoms with Crippen LogP contribution in [0.25, 0.3) is 44.8 Å². The Balaban J connectivity index is 0.999. The van der Waals surface area contributed by atoms with Crippen molar-refractivity contribution < 1.29 is 10.2 Å². The van der Waals surface area contributed by atoms with Gasteiger partial charge in [0.1, 0.15) is 11.5 Å². The Bertz CT molecular complexity index is 2540. The van der Waals surface area contributed by atoms with Crippen LogP contribution in [0.4, 0.5) is 0 Å². The van der Waals surface area contributed by atoms with Crippen molar-refractivity contribution in [2.45, 2.75) is 216 Å². The van der Waals surface area contributed by atoms with Crippen LogP contribution in [0.5, 0.6) is 11.5 Å². The van der Waals surface area contributed by atoms with Gasteiger partial charge in [-0.1, -0.05) is 167 Å². The normalized spacial score (nSPS) is 27.1. The van der Waals surface area contributed by atoms with Crippen LogP contribution < -0.4 is 0 Å². The van der Waals surface area contributed by atoms with Crippen molar-refractivity contribution in [3.8, 4) is 56.3 Å². The minimum Gasteiger partial charge on any atom is -0.507 e. The van der Waals surface area contributed by atoms with Crippen LogP contribution in [-0.4, -0.2) is 20.9 Å². The number of phenolic OH excluding ortho intramolecular Hbond substituents is 2. The van der Waals surface area contributed by atoms with Crippen molar-refractivity contribution >= 4 is 11.8 Å². The zero-order valence-corrected chi connectivity index (χ0v) is 46.9. The molecule has 0 saturated heterocycles. The highest BCUT2D eigenvalue weighted by Crippen LogP contribution is 2.65. The average molecular weight is 997 g/mol. The molecule has 8 aliphatic rings. The maximum absolute atomic E-state index is 12.9. The molecular formula is C69H89NO2S. The highest BCUT2D eigenvalue weighted by molar-refractivity contribution is 7.99. The predicted molar refractivity (Wildman–Crippen MR) is 309 cm³/mol. The van der Waals surface area contributed by atoms with Crippen molar-refractivity contribution in [3.63, 3.8) is 0 Å². The first-order valence-corrected chi connectivity index (χ1v) is 30.7. The van der Waals surface area contributed by atoms with Gasteiger partial charge in [0.2, 0.25) is 0 Å². The number of nitrogens with zero attached hydrogens (tertiary/aromatic N) is 1. The minimum atomic E-state index is -0.0832. The Labute approximate surface area is 445 Å². The first kappa shape index (κ1) is 51.1. The van der Waals surface area contributed by atoms with Crippen LogP contribution in [-0.2, 0) is 21.7 Å². The molecule has 4 heteroatoms. The Morgan fingerprint density at radius 2 is 0.795 bits per heavy atom. The van der Waals surface area contributed by atoms with Gasteiger partial charge in [0.15, 0.2) is 0 Å². The van der Waals surface area contributed by atoms with E-state index in [1.165, 1.54) is 168 Å². The molecule has 8 saturated carbocycles. The molecule has 8 bridgehead atoms. The van der Waals surface area contributed by atoms with Crippen molar-refractivity contribution in [2.75, 3.05) is 5.75 Å². The quantitative estimate of drug-likeness (QED) is 0.0678. The molecule has 4 aromatic carbocycles. The SMILES string of the molecule is CCCCCCCCCCCCSc1cc(-c2ccccc2-c2cc(C(C)(C)C)cc(C34CC5CC(CC(C5)C3)C4)c2O)nc(-c2ccccc2-c2cc(C(C)(C)C)cc(C34CC5CC(CC(C5)C3)C4)c2O)c1. The lowest BCUT2D eigenvalue weighted by molar-refractivity contribution is -0.00631. The number of rotatable bonds is 18. The van der Waals surface area contributed by atoms with Crippen LogP contribution >= 0.6 is 11.8 Å². The standard InChI is InChI=1S/C69H89NO2S/c1-8-9-10-11-12-13-14-15-16-21-26-73-53-37-62(56-24-19-17-22-54(56)58-33-51(66(2,3)4)35-60(64(58)71)68-39-45-27-46(40-68)29-47(28-45)41-68)70-63(38-53)57-25-20-18-23-55(57)59-34-52(67(5,6)7)36-61(65(59)72)69-42-48-30-49(43-69)32-50(31-48)44-69/h17-20,22-25,33-38,45-50,71-72H,8-16,21,26-32,39-44H2,1-7H3. The summed E-state index contributed by atoms with van der Waals surface area (Å²) >= 11 is 1.97. The molecule has 8 fully saturated rings. The zero-order valence-electron chi connectivity index (χ0n) is 46.1. The summed E-state index contributed by atoms with van der Waals surface area (Å²) in [5.74, 6) is 6.75. The highest BCUT2D eigenvalue weighted by atomic mass is 32.2. The summed E-state index contributed by atoms with van der Waals surface area (Å²) in [6.07, 6.45) is 28.9. The summed E-state index contributed by atoms with van der Waals surface area (Å²) in [7, 11) is 0. The molecule has 5 aromatic rings. The van der Waals surface area contributed by atoms with Gasteiger partial charge < -0.3 is 10.2 Å². The Kier molecular flexibility index (Phi) is 14.3. The van der Waals surface area contributed by atoms with E-state index in [1.807, 2.05) is 11.8 Å². The van der Waals surface area contributed by atoms with Crippen molar-refractivity contribution in [1.82, 2.24) is 4.98 Å². The third-order valence-corrected chi connectivity index (χ3v) is 20.8. The van der Waals surface area contributed by atoms with Gasteiger partial charge in [-0.2, -0.15) is 0 Å². The number of pyridine rings is 1. The van der Waals surface area contributed by atoms with Crippen LogP contribution in [0, 0.1) is 35.5 Å². The van der Waals surface area contributed by atoms with E-state index in [2.05, 4.69) is 133 Å². The fraction of sp³-hybridized carbons (Fsp3) is 0.580.